The fraction of sp³-hybridized carbons (Fsp3) is 0.636. The SMILES string of the molecule is CC(C)c1cccc(C(C)C)c1N=C1CCCCC1=NCCN(C)C. The summed E-state index contributed by atoms with van der Waals surface area (Å²) in [6.07, 6.45) is 4.60. The van der Waals surface area contributed by atoms with Gasteiger partial charge in [-0.2, -0.15) is 0 Å². The molecule has 0 saturated heterocycles. The van der Waals surface area contributed by atoms with Crippen molar-refractivity contribution in [1.29, 1.82) is 0 Å². The fourth-order valence-corrected chi connectivity index (χ4v) is 3.32. The molecule has 0 heterocycles. The first-order valence-electron chi connectivity index (χ1n) is 9.79. The molecule has 1 aliphatic carbocycles. The van der Waals surface area contributed by atoms with Gasteiger partial charge in [0.05, 0.1) is 23.7 Å². The van der Waals surface area contributed by atoms with Crippen LogP contribution in [0, 0.1) is 0 Å². The van der Waals surface area contributed by atoms with E-state index in [1.54, 1.807) is 0 Å². The van der Waals surface area contributed by atoms with Crippen LogP contribution in [-0.2, 0) is 0 Å². The fourth-order valence-electron chi connectivity index (χ4n) is 3.32. The molecule has 0 atom stereocenters. The van der Waals surface area contributed by atoms with Crippen LogP contribution in [-0.4, -0.2) is 43.5 Å². The maximum Gasteiger partial charge on any atom is 0.0702 e. The van der Waals surface area contributed by atoms with E-state index in [0.717, 1.165) is 25.9 Å². The molecule has 0 bridgehead atoms. The van der Waals surface area contributed by atoms with Gasteiger partial charge < -0.3 is 4.90 Å². The molecule has 0 N–H and O–H groups in total. The monoisotopic (exact) mass is 341 g/mol. The molecular formula is C22H35N3. The molecule has 1 aromatic carbocycles. The van der Waals surface area contributed by atoms with Gasteiger partial charge in [0, 0.05) is 6.54 Å². The molecular weight excluding hydrogens is 306 g/mol. The number of hydrogen-bond acceptors (Lipinski definition) is 3. The third-order valence-electron chi connectivity index (χ3n) is 4.85. The first-order valence-corrected chi connectivity index (χ1v) is 9.79. The molecule has 1 fully saturated rings. The largest absolute Gasteiger partial charge is 0.308 e. The molecule has 3 heteroatoms. The van der Waals surface area contributed by atoms with Crippen molar-refractivity contribution in [2.75, 3.05) is 27.2 Å². The summed E-state index contributed by atoms with van der Waals surface area (Å²) in [4.78, 5) is 12.3. The number of hydrogen-bond donors (Lipinski definition) is 0. The summed E-state index contributed by atoms with van der Waals surface area (Å²) >= 11 is 0. The topological polar surface area (TPSA) is 28.0 Å². The minimum atomic E-state index is 0.482. The summed E-state index contributed by atoms with van der Waals surface area (Å²) in [5.41, 5.74) is 6.37. The Morgan fingerprint density at radius 2 is 1.48 bits per heavy atom. The summed E-state index contributed by atoms with van der Waals surface area (Å²) < 4.78 is 0. The summed E-state index contributed by atoms with van der Waals surface area (Å²) in [5.74, 6) is 0.964. The summed E-state index contributed by atoms with van der Waals surface area (Å²) in [6, 6.07) is 6.66. The van der Waals surface area contributed by atoms with Crippen molar-refractivity contribution in [3.05, 3.63) is 29.3 Å². The molecule has 3 nitrogen and oxygen atoms in total. The Balaban J connectivity index is 2.42. The molecule has 1 aromatic rings. The van der Waals surface area contributed by atoms with Crippen LogP contribution in [0.1, 0.15) is 76.3 Å². The second-order valence-electron chi connectivity index (χ2n) is 7.99. The van der Waals surface area contributed by atoms with Gasteiger partial charge in [-0.25, -0.2) is 0 Å². The first kappa shape index (κ1) is 19.8. The van der Waals surface area contributed by atoms with Gasteiger partial charge in [-0.1, -0.05) is 45.9 Å². The molecule has 1 saturated carbocycles. The van der Waals surface area contributed by atoms with Crippen LogP contribution in [0.2, 0.25) is 0 Å². The van der Waals surface area contributed by atoms with Gasteiger partial charge in [0.15, 0.2) is 0 Å². The van der Waals surface area contributed by atoms with Crippen LogP contribution in [0.3, 0.4) is 0 Å². The van der Waals surface area contributed by atoms with Crippen LogP contribution < -0.4 is 0 Å². The van der Waals surface area contributed by atoms with Crippen LogP contribution in [0.25, 0.3) is 0 Å². The first-order chi connectivity index (χ1) is 11.9. The van der Waals surface area contributed by atoms with E-state index in [1.807, 2.05) is 0 Å². The number of rotatable bonds is 6. The highest BCUT2D eigenvalue weighted by Gasteiger charge is 2.18. The van der Waals surface area contributed by atoms with Crippen molar-refractivity contribution in [3.8, 4) is 0 Å². The third kappa shape index (κ3) is 5.50. The van der Waals surface area contributed by atoms with Gasteiger partial charge in [-0.3, -0.25) is 9.98 Å². The van der Waals surface area contributed by atoms with Crippen molar-refractivity contribution in [1.82, 2.24) is 4.90 Å². The van der Waals surface area contributed by atoms with Crippen molar-refractivity contribution in [3.63, 3.8) is 0 Å². The second-order valence-corrected chi connectivity index (χ2v) is 7.99. The Hall–Kier alpha value is -1.48. The smallest absolute Gasteiger partial charge is 0.0702 e. The molecule has 0 unspecified atom stereocenters. The Bertz CT molecular complexity index is 598. The average molecular weight is 342 g/mol. The van der Waals surface area contributed by atoms with Gasteiger partial charge in [-0.05, 0) is 62.7 Å². The number of para-hydroxylation sites is 1. The predicted molar refractivity (Wildman–Crippen MR) is 111 cm³/mol. The average Bonchev–Trinajstić information content (AvgIpc) is 2.55. The molecule has 0 spiro atoms. The molecule has 0 aliphatic heterocycles. The van der Waals surface area contributed by atoms with Crippen LogP contribution in [0.5, 0.6) is 0 Å². The summed E-state index contributed by atoms with van der Waals surface area (Å²) in [6.45, 7) is 10.9. The Labute approximate surface area is 154 Å². The van der Waals surface area contributed by atoms with Gasteiger partial charge in [-0.15, -0.1) is 0 Å². The number of benzene rings is 1. The number of aliphatic imine (C=N–C) groups is 2. The Morgan fingerprint density at radius 1 is 0.920 bits per heavy atom. The van der Waals surface area contributed by atoms with Crippen LogP contribution >= 0.6 is 0 Å². The van der Waals surface area contributed by atoms with Crippen molar-refractivity contribution in [2.24, 2.45) is 9.98 Å². The highest BCUT2D eigenvalue weighted by molar-refractivity contribution is 6.43. The van der Waals surface area contributed by atoms with Crippen molar-refractivity contribution < 1.29 is 0 Å². The van der Waals surface area contributed by atoms with Gasteiger partial charge in [0.25, 0.3) is 0 Å². The standard InChI is InChI=1S/C22H35N3/c1-16(2)18-10-9-11-19(17(3)4)22(18)24-21-13-8-7-12-20(21)23-14-15-25(5)6/h9-11,16-17H,7-8,12-15H2,1-6H3. The van der Waals surface area contributed by atoms with E-state index in [4.69, 9.17) is 9.98 Å². The second kappa shape index (κ2) is 9.28. The van der Waals surface area contributed by atoms with Gasteiger partial charge >= 0.3 is 0 Å². The van der Waals surface area contributed by atoms with Crippen molar-refractivity contribution >= 4 is 17.1 Å². The molecule has 0 radical (unpaired) electrons. The van der Waals surface area contributed by atoms with E-state index in [2.05, 4.69) is 64.9 Å². The zero-order valence-electron chi connectivity index (χ0n) is 17.0. The van der Waals surface area contributed by atoms with Crippen LogP contribution in [0.15, 0.2) is 28.2 Å². The summed E-state index contributed by atoms with van der Waals surface area (Å²) in [5, 5.41) is 0. The predicted octanol–water partition coefficient (Wildman–Crippen LogP) is 5.58. The maximum absolute atomic E-state index is 5.21. The zero-order valence-corrected chi connectivity index (χ0v) is 17.0. The van der Waals surface area contributed by atoms with E-state index >= 15 is 0 Å². The minimum Gasteiger partial charge on any atom is -0.308 e. The highest BCUT2D eigenvalue weighted by Crippen LogP contribution is 2.35. The molecule has 0 aromatic heterocycles. The van der Waals surface area contributed by atoms with E-state index in [-0.39, 0.29) is 0 Å². The lowest BCUT2D eigenvalue weighted by Gasteiger charge is -2.20. The minimum absolute atomic E-state index is 0.482. The molecule has 0 amide bonds. The number of likely N-dealkylation sites (N-methyl/N-ethyl adjacent to an activating group) is 1. The van der Waals surface area contributed by atoms with Crippen molar-refractivity contribution in [2.45, 2.75) is 65.2 Å². The summed E-state index contributed by atoms with van der Waals surface area (Å²) in [7, 11) is 4.20. The van der Waals surface area contributed by atoms with E-state index < -0.39 is 0 Å². The number of nitrogens with zero attached hydrogens (tertiary/aromatic N) is 3. The molecule has 25 heavy (non-hydrogen) atoms. The third-order valence-corrected chi connectivity index (χ3v) is 4.85. The molecule has 2 rings (SSSR count). The van der Waals surface area contributed by atoms with E-state index in [1.165, 1.54) is 41.1 Å². The lowest BCUT2D eigenvalue weighted by molar-refractivity contribution is 0.420. The molecule has 138 valence electrons. The molecule has 1 aliphatic rings. The van der Waals surface area contributed by atoms with E-state index in [0.29, 0.717) is 11.8 Å². The lowest BCUT2D eigenvalue weighted by Crippen LogP contribution is -2.22. The zero-order chi connectivity index (χ0) is 18.4. The van der Waals surface area contributed by atoms with Gasteiger partial charge in [0.2, 0.25) is 0 Å². The van der Waals surface area contributed by atoms with Crippen LogP contribution in [0.4, 0.5) is 5.69 Å². The normalized spacial score (nSPS) is 18.9. The van der Waals surface area contributed by atoms with Gasteiger partial charge in [0.1, 0.15) is 0 Å². The quantitative estimate of drug-likeness (QED) is 0.663. The highest BCUT2D eigenvalue weighted by atomic mass is 15.1. The Kier molecular flexibility index (Phi) is 7.37. The van der Waals surface area contributed by atoms with E-state index in [9.17, 15) is 0 Å². The maximum atomic E-state index is 5.21. The Morgan fingerprint density at radius 3 is 2.00 bits per heavy atom. The lowest BCUT2D eigenvalue weighted by atomic mass is 9.91.